The van der Waals surface area contributed by atoms with Crippen LogP contribution in [0, 0.1) is 0 Å². The maximum atomic E-state index is 10.7. The molecule has 1 aliphatic rings. The van der Waals surface area contributed by atoms with Crippen LogP contribution in [0.15, 0.2) is 22.7 Å². The molecule has 1 aromatic carbocycles. The van der Waals surface area contributed by atoms with Crippen LogP contribution in [0.5, 0.6) is 0 Å². The smallest absolute Gasteiger partial charge is 0.326 e. The SMILES string of the molecule is O=C(O)C1Cc2c(Br)cccc2N1. The van der Waals surface area contributed by atoms with E-state index in [4.69, 9.17) is 5.11 Å². The molecule has 1 heterocycles. The lowest BCUT2D eigenvalue weighted by Gasteiger charge is -2.03. The molecule has 1 aromatic rings. The van der Waals surface area contributed by atoms with Crippen LogP contribution in [0.3, 0.4) is 0 Å². The summed E-state index contributed by atoms with van der Waals surface area (Å²) in [6, 6.07) is 5.22. The van der Waals surface area contributed by atoms with Crippen molar-refractivity contribution in [1.29, 1.82) is 0 Å². The van der Waals surface area contributed by atoms with Gasteiger partial charge in [0, 0.05) is 16.6 Å². The fraction of sp³-hybridized carbons (Fsp3) is 0.222. The number of halogens is 1. The molecular weight excluding hydrogens is 234 g/mol. The number of carboxylic acid groups (broad SMARTS) is 1. The van der Waals surface area contributed by atoms with Crippen LogP contribution in [0.2, 0.25) is 0 Å². The first-order valence-corrected chi connectivity index (χ1v) is 4.74. The Labute approximate surface area is 83.9 Å². The third kappa shape index (κ3) is 1.42. The Morgan fingerprint density at radius 1 is 1.62 bits per heavy atom. The van der Waals surface area contributed by atoms with E-state index < -0.39 is 12.0 Å². The van der Waals surface area contributed by atoms with Crippen LogP contribution >= 0.6 is 15.9 Å². The molecule has 0 aliphatic carbocycles. The summed E-state index contributed by atoms with van der Waals surface area (Å²) in [5, 5.41) is 11.7. The number of rotatable bonds is 1. The molecule has 1 atom stereocenters. The summed E-state index contributed by atoms with van der Waals surface area (Å²) >= 11 is 3.39. The normalized spacial score (nSPS) is 19.3. The zero-order valence-electron chi connectivity index (χ0n) is 6.75. The third-order valence-electron chi connectivity index (χ3n) is 2.15. The lowest BCUT2D eigenvalue weighted by atomic mass is 10.1. The molecule has 13 heavy (non-hydrogen) atoms. The highest BCUT2D eigenvalue weighted by atomic mass is 79.9. The van der Waals surface area contributed by atoms with Crippen molar-refractivity contribution in [2.75, 3.05) is 5.32 Å². The summed E-state index contributed by atoms with van der Waals surface area (Å²) in [5.74, 6) is -0.803. The van der Waals surface area contributed by atoms with Gasteiger partial charge in [0.25, 0.3) is 0 Å². The van der Waals surface area contributed by atoms with Gasteiger partial charge < -0.3 is 10.4 Å². The van der Waals surface area contributed by atoms with E-state index in [1.54, 1.807) is 0 Å². The fourth-order valence-corrected chi connectivity index (χ4v) is 2.02. The van der Waals surface area contributed by atoms with Crippen LogP contribution in [0.4, 0.5) is 5.69 Å². The van der Waals surface area contributed by atoms with Gasteiger partial charge in [0.2, 0.25) is 0 Å². The number of nitrogens with one attached hydrogen (secondary N) is 1. The Kier molecular flexibility index (Phi) is 2.00. The molecule has 1 aliphatic heterocycles. The lowest BCUT2D eigenvalue weighted by Crippen LogP contribution is -2.26. The molecule has 0 amide bonds. The molecule has 1 unspecified atom stereocenters. The number of fused-ring (bicyclic) bond motifs is 1. The number of hydrogen-bond acceptors (Lipinski definition) is 2. The van der Waals surface area contributed by atoms with Crippen molar-refractivity contribution in [2.45, 2.75) is 12.5 Å². The molecular formula is C9H8BrNO2. The van der Waals surface area contributed by atoms with E-state index in [2.05, 4.69) is 21.2 Å². The van der Waals surface area contributed by atoms with E-state index in [-0.39, 0.29) is 0 Å². The molecule has 0 fully saturated rings. The van der Waals surface area contributed by atoms with E-state index in [1.165, 1.54) is 0 Å². The van der Waals surface area contributed by atoms with Crippen LogP contribution < -0.4 is 5.32 Å². The monoisotopic (exact) mass is 241 g/mol. The van der Waals surface area contributed by atoms with Crippen molar-refractivity contribution in [3.63, 3.8) is 0 Å². The quantitative estimate of drug-likeness (QED) is 0.790. The Morgan fingerprint density at radius 2 is 2.38 bits per heavy atom. The maximum absolute atomic E-state index is 10.7. The molecule has 4 heteroatoms. The zero-order chi connectivity index (χ0) is 9.42. The van der Waals surface area contributed by atoms with Gasteiger partial charge in [0.15, 0.2) is 0 Å². The number of carboxylic acids is 1. The topological polar surface area (TPSA) is 49.3 Å². The summed E-state index contributed by atoms with van der Waals surface area (Å²) < 4.78 is 0.973. The highest BCUT2D eigenvalue weighted by Gasteiger charge is 2.27. The first kappa shape index (κ1) is 8.56. The average Bonchev–Trinajstić information content (AvgIpc) is 2.49. The summed E-state index contributed by atoms with van der Waals surface area (Å²) in [4.78, 5) is 10.7. The van der Waals surface area contributed by atoms with Gasteiger partial charge >= 0.3 is 5.97 Å². The molecule has 0 radical (unpaired) electrons. The lowest BCUT2D eigenvalue weighted by molar-refractivity contribution is -0.137. The van der Waals surface area contributed by atoms with Crippen molar-refractivity contribution >= 4 is 27.6 Å². The van der Waals surface area contributed by atoms with Crippen LogP contribution in [-0.4, -0.2) is 17.1 Å². The second-order valence-corrected chi connectivity index (χ2v) is 3.86. The minimum atomic E-state index is -0.803. The second kappa shape index (κ2) is 3.03. The maximum Gasteiger partial charge on any atom is 0.326 e. The Bertz CT molecular complexity index is 365. The molecule has 3 nitrogen and oxygen atoms in total. The van der Waals surface area contributed by atoms with Crippen molar-refractivity contribution < 1.29 is 9.90 Å². The number of hydrogen-bond donors (Lipinski definition) is 2. The van der Waals surface area contributed by atoms with Gasteiger partial charge in [-0.3, -0.25) is 0 Å². The van der Waals surface area contributed by atoms with E-state index >= 15 is 0 Å². The highest BCUT2D eigenvalue weighted by molar-refractivity contribution is 9.10. The van der Waals surface area contributed by atoms with Gasteiger partial charge in [-0.2, -0.15) is 0 Å². The molecule has 2 N–H and O–H groups in total. The molecule has 0 saturated heterocycles. The Hall–Kier alpha value is -1.03. The van der Waals surface area contributed by atoms with Crippen LogP contribution in [-0.2, 0) is 11.2 Å². The van der Waals surface area contributed by atoms with E-state index in [0.29, 0.717) is 6.42 Å². The summed E-state index contributed by atoms with van der Waals surface area (Å²) in [6.07, 6.45) is 0.548. The third-order valence-corrected chi connectivity index (χ3v) is 2.90. The predicted molar refractivity (Wildman–Crippen MR) is 52.9 cm³/mol. The minimum Gasteiger partial charge on any atom is -0.480 e. The van der Waals surface area contributed by atoms with Crippen molar-refractivity contribution in [3.05, 3.63) is 28.2 Å². The average molecular weight is 242 g/mol. The number of aliphatic carboxylic acids is 1. The van der Waals surface area contributed by atoms with Gasteiger partial charge in [-0.05, 0) is 17.7 Å². The summed E-state index contributed by atoms with van der Waals surface area (Å²) in [7, 11) is 0. The molecule has 0 saturated carbocycles. The van der Waals surface area contributed by atoms with Gasteiger partial charge in [0.05, 0.1) is 0 Å². The van der Waals surface area contributed by atoms with Crippen molar-refractivity contribution in [3.8, 4) is 0 Å². The predicted octanol–water partition coefficient (Wildman–Crippen LogP) is 1.87. The molecule has 68 valence electrons. The number of anilines is 1. The summed E-state index contributed by atoms with van der Waals surface area (Å²) in [6.45, 7) is 0. The molecule has 2 rings (SSSR count). The van der Waals surface area contributed by atoms with E-state index in [9.17, 15) is 4.79 Å². The first-order valence-electron chi connectivity index (χ1n) is 3.95. The van der Waals surface area contributed by atoms with Gasteiger partial charge in [-0.15, -0.1) is 0 Å². The summed E-state index contributed by atoms with van der Waals surface area (Å²) in [5.41, 5.74) is 1.97. The fourth-order valence-electron chi connectivity index (χ4n) is 1.49. The van der Waals surface area contributed by atoms with Gasteiger partial charge in [-0.1, -0.05) is 22.0 Å². The minimum absolute atomic E-state index is 0.478. The van der Waals surface area contributed by atoms with E-state index in [1.807, 2.05) is 18.2 Å². The second-order valence-electron chi connectivity index (χ2n) is 3.01. The standard InChI is InChI=1S/C9H8BrNO2/c10-6-2-1-3-7-5(6)4-8(11-7)9(12)13/h1-3,8,11H,4H2,(H,12,13). The molecule has 0 bridgehead atoms. The van der Waals surface area contributed by atoms with Crippen LogP contribution in [0.25, 0.3) is 0 Å². The van der Waals surface area contributed by atoms with Gasteiger partial charge in [0.1, 0.15) is 6.04 Å². The van der Waals surface area contributed by atoms with Gasteiger partial charge in [-0.25, -0.2) is 4.79 Å². The zero-order valence-corrected chi connectivity index (χ0v) is 8.34. The molecule has 0 aromatic heterocycles. The number of carbonyl (C=O) groups is 1. The highest BCUT2D eigenvalue weighted by Crippen LogP contribution is 2.31. The first-order chi connectivity index (χ1) is 6.18. The Balaban J connectivity index is 2.35. The number of benzene rings is 1. The van der Waals surface area contributed by atoms with Crippen LogP contribution in [0.1, 0.15) is 5.56 Å². The van der Waals surface area contributed by atoms with E-state index in [0.717, 1.165) is 15.7 Å². The van der Waals surface area contributed by atoms with Crippen molar-refractivity contribution in [1.82, 2.24) is 0 Å². The largest absolute Gasteiger partial charge is 0.480 e. The Morgan fingerprint density at radius 3 is 3.00 bits per heavy atom. The van der Waals surface area contributed by atoms with Crippen molar-refractivity contribution in [2.24, 2.45) is 0 Å². The molecule has 0 spiro atoms.